The molecule has 0 radical (unpaired) electrons. The van der Waals surface area contributed by atoms with Crippen LogP contribution >= 0.6 is 0 Å². The number of fused-ring (bicyclic) bond motifs is 1. The Kier molecular flexibility index (Phi) is 2.06. The zero-order valence-electron chi connectivity index (χ0n) is 9.20. The van der Waals surface area contributed by atoms with Crippen molar-refractivity contribution in [3.63, 3.8) is 0 Å². The van der Waals surface area contributed by atoms with Crippen molar-refractivity contribution in [2.45, 2.75) is 0 Å². The van der Waals surface area contributed by atoms with Gasteiger partial charge >= 0.3 is 6.01 Å². The molecule has 18 heavy (non-hydrogen) atoms. The Labute approximate surface area is 101 Å². The summed E-state index contributed by atoms with van der Waals surface area (Å²) in [6, 6.07) is 5.39. The van der Waals surface area contributed by atoms with Crippen molar-refractivity contribution < 1.29 is 9.21 Å². The predicted molar refractivity (Wildman–Crippen MR) is 64.1 cm³/mol. The molecule has 0 saturated carbocycles. The molecule has 7 nitrogen and oxygen atoms in total. The molecule has 3 rings (SSSR count). The molecule has 0 fully saturated rings. The van der Waals surface area contributed by atoms with E-state index < -0.39 is 5.91 Å². The van der Waals surface area contributed by atoms with Gasteiger partial charge in [0.05, 0.1) is 11.8 Å². The van der Waals surface area contributed by atoms with Gasteiger partial charge in [-0.05, 0) is 18.2 Å². The molecule has 0 aliphatic rings. The number of aromatic nitrogens is 3. The van der Waals surface area contributed by atoms with Crippen LogP contribution in [0, 0.1) is 0 Å². The van der Waals surface area contributed by atoms with Crippen LogP contribution in [0.25, 0.3) is 17.1 Å². The lowest BCUT2D eigenvalue weighted by Crippen LogP contribution is -2.09. The molecule has 4 N–H and O–H groups in total. The highest BCUT2D eigenvalue weighted by Gasteiger charge is 2.11. The molecular formula is C11H9N5O2. The lowest BCUT2D eigenvalue weighted by molar-refractivity contribution is 0.100. The molecule has 0 aliphatic heterocycles. The molecular weight excluding hydrogens is 234 g/mol. The number of oxazole rings is 1. The van der Waals surface area contributed by atoms with Crippen molar-refractivity contribution in [3.05, 3.63) is 36.2 Å². The molecule has 0 aliphatic carbocycles. The number of rotatable bonds is 2. The van der Waals surface area contributed by atoms with E-state index in [9.17, 15) is 4.79 Å². The van der Waals surface area contributed by atoms with Gasteiger partial charge in [-0.25, -0.2) is 0 Å². The molecule has 0 unspecified atom stereocenters. The van der Waals surface area contributed by atoms with Crippen LogP contribution in [0.2, 0.25) is 0 Å². The van der Waals surface area contributed by atoms with Gasteiger partial charge in [-0.1, -0.05) is 0 Å². The third-order valence-corrected chi connectivity index (χ3v) is 2.46. The zero-order chi connectivity index (χ0) is 12.7. The summed E-state index contributed by atoms with van der Waals surface area (Å²) < 4.78 is 6.83. The second-order valence-electron chi connectivity index (χ2n) is 3.76. The number of nitrogen functional groups attached to an aromatic ring is 1. The van der Waals surface area contributed by atoms with Crippen molar-refractivity contribution >= 4 is 22.7 Å². The fourth-order valence-electron chi connectivity index (χ4n) is 1.58. The summed E-state index contributed by atoms with van der Waals surface area (Å²) in [5, 5.41) is 3.95. The number of nitrogens with two attached hydrogens (primary N) is 2. The molecule has 0 spiro atoms. The van der Waals surface area contributed by atoms with E-state index in [1.54, 1.807) is 18.2 Å². The van der Waals surface area contributed by atoms with Crippen LogP contribution in [0.4, 0.5) is 5.69 Å². The Bertz CT molecular complexity index is 743. The van der Waals surface area contributed by atoms with Gasteiger partial charge in [-0.15, -0.1) is 0 Å². The number of nitrogens with zero attached hydrogens (tertiary/aromatic N) is 3. The van der Waals surface area contributed by atoms with E-state index in [0.717, 1.165) is 0 Å². The monoisotopic (exact) mass is 243 g/mol. The summed E-state index contributed by atoms with van der Waals surface area (Å²) in [6.45, 7) is 0. The van der Waals surface area contributed by atoms with E-state index in [1.165, 1.54) is 17.1 Å². The molecule has 0 saturated heterocycles. The van der Waals surface area contributed by atoms with Crippen LogP contribution < -0.4 is 11.5 Å². The molecule has 90 valence electrons. The number of amides is 1. The van der Waals surface area contributed by atoms with Crippen molar-refractivity contribution in [1.29, 1.82) is 0 Å². The van der Waals surface area contributed by atoms with Crippen molar-refractivity contribution in [2.75, 3.05) is 5.73 Å². The summed E-state index contributed by atoms with van der Waals surface area (Å²) in [5.41, 5.74) is 12.9. The predicted octanol–water partition coefficient (Wildman–Crippen LogP) is 0.695. The second-order valence-corrected chi connectivity index (χ2v) is 3.76. The largest absolute Gasteiger partial charge is 0.422 e. The molecule has 1 amide bonds. The van der Waals surface area contributed by atoms with Gasteiger partial charge in [0.1, 0.15) is 5.52 Å². The Hall–Kier alpha value is -2.83. The number of anilines is 1. The van der Waals surface area contributed by atoms with Gasteiger partial charge in [0, 0.05) is 11.9 Å². The van der Waals surface area contributed by atoms with E-state index >= 15 is 0 Å². The van der Waals surface area contributed by atoms with Gasteiger partial charge in [-0.3, -0.25) is 4.79 Å². The standard InChI is InChI=1S/C11H9N5O2/c12-7-1-2-9-8(3-7)15-11(18-9)16-5-6(4-14-16)10(13)17/h1-5H,12H2,(H2,13,17). The van der Waals surface area contributed by atoms with Gasteiger partial charge in [0.2, 0.25) is 0 Å². The van der Waals surface area contributed by atoms with Crippen LogP contribution in [-0.2, 0) is 0 Å². The molecule has 3 aromatic rings. The Morgan fingerprint density at radius 2 is 2.22 bits per heavy atom. The van der Waals surface area contributed by atoms with Crippen LogP contribution in [-0.4, -0.2) is 20.7 Å². The van der Waals surface area contributed by atoms with Crippen molar-refractivity contribution in [2.24, 2.45) is 5.73 Å². The summed E-state index contributed by atoms with van der Waals surface area (Å²) in [4.78, 5) is 15.2. The van der Waals surface area contributed by atoms with Gasteiger partial charge in [-0.2, -0.15) is 14.8 Å². The maximum Gasteiger partial charge on any atom is 0.323 e. The number of benzene rings is 1. The maximum atomic E-state index is 11.0. The van der Waals surface area contributed by atoms with Crippen LogP contribution in [0.5, 0.6) is 0 Å². The van der Waals surface area contributed by atoms with Crippen molar-refractivity contribution in [1.82, 2.24) is 14.8 Å². The van der Waals surface area contributed by atoms with E-state index in [2.05, 4.69) is 10.1 Å². The van der Waals surface area contributed by atoms with Crippen LogP contribution in [0.1, 0.15) is 10.4 Å². The minimum atomic E-state index is -0.554. The zero-order valence-corrected chi connectivity index (χ0v) is 9.20. The average Bonchev–Trinajstić information content (AvgIpc) is 2.93. The third-order valence-electron chi connectivity index (χ3n) is 2.46. The average molecular weight is 243 g/mol. The number of carbonyl (C=O) groups excluding carboxylic acids is 1. The fraction of sp³-hybridized carbons (Fsp3) is 0. The quantitative estimate of drug-likeness (QED) is 0.643. The highest BCUT2D eigenvalue weighted by molar-refractivity contribution is 5.92. The highest BCUT2D eigenvalue weighted by atomic mass is 16.4. The van der Waals surface area contributed by atoms with Gasteiger partial charge < -0.3 is 15.9 Å². The molecule has 2 aromatic heterocycles. The molecule has 2 heterocycles. The smallest absolute Gasteiger partial charge is 0.323 e. The number of primary amides is 1. The first-order valence-electron chi connectivity index (χ1n) is 5.14. The second kappa shape index (κ2) is 3.59. The highest BCUT2D eigenvalue weighted by Crippen LogP contribution is 2.20. The van der Waals surface area contributed by atoms with Gasteiger partial charge in [0.15, 0.2) is 5.58 Å². The summed E-state index contributed by atoms with van der Waals surface area (Å²) >= 11 is 0. The van der Waals surface area contributed by atoms with E-state index in [4.69, 9.17) is 15.9 Å². The number of hydrogen-bond donors (Lipinski definition) is 2. The molecule has 1 aromatic carbocycles. The molecule has 0 atom stereocenters. The SMILES string of the molecule is NC(=O)c1cnn(-c2nc3cc(N)ccc3o2)c1. The molecule has 0 bridgehead atoms. The minimum absolute atomic E-state index is 0.253. The van der Waals surface area contributed by atoms with Gasteiger partial charge in [0.25, 0.3) is 5.91 Å². The summed E-state index contributed by atoms with van der Waals surface area (Å²) in [6.07, 6.45) is 2.81. The van der Waals surface area contributed by atoms with E-state index in [1.807, 2.05) is 0 Å². The van der Waals surface area contributed by atoms with E-state index in [0.29, 0.717) is 16.8 Å². The fourth-order valence-corrected chi connectivity index (χ4v) is 1.58. The normalized spacial score (nSPS) is 10.9. The third kappa shape index (κ3) is 1.58. The Morgan fingerprint density at radius 3 is 2.94 bits per heavy atom. The first-order valence-corrected chi connectivity index (χ1v) is 5.14. The topological polar surface area (TPSA) is 113 Å². The van der Waals surface area contributed by atoms with E-state index in [-0.39, 0.29) is 11.6 Å². The first-order chi connectivity index (χ1) is 8.63. The Balaban J connectivity index is 2.10. The minimum Gasteiger partial charge on any atom is -0.422 e. The van der Waals surface area contributed by atoms with Crippen molar-refractivity contribution in [3.8, 4) is 6.01 Å². The lowest BCUT2D eigenvalue weighted by Gasteiger charge is -1.90. The first kappa shape index (κ1) is 10.3. The summed E-state index contributed by atoms with van der Waals surface area (Å²) in [5.74, 6) is -0.554. The van der Waals surface area contributed by atoms with Crippen LogP contribution in [0.3, 0.4) is 0 Å². The maximum absolute atomic E-state index is 11.0. The molecule has 7 heteroatoms. The lowest BCUT2D eigenvalue weighted by atomic mass is 10.3. The Morgan fingerprint density at radius 1 is 1.39 bits per heavy atom. The van der Waals surface area contributed by atoms with Crippen LogP contribution in [0.15, 0.2) is 35.0 Å². The number of carbonyl (C=O) groups is 1. The number of hydrogen-bond acceptors (Lipinski definition) is 5. The summed E-state index contributed by atoms with van der Waals surface area (Å²) in [7, 11) is 0.